The predicted molar refractivity (Wildman–Crippen MR) is 123 cm³/mol. The summed E-state index contributed by atoms with van der Waals surface area (Å²) < 4.78 is 6.56. The molecule has 3 aliphatic carbocycles. The lowest BCUT2D eigenvalue weighted by molar-refractivity contribution is -0.173. The first-order chi connectivity index (χ1) is 16.4. The van der Waals surface area contributed by atoms with Gasteiger partial charge in [0.1, 0.15) is 0 Å². The Labute approximate surface area is 196 Å². The second kappa shape index (κ2) is 5.96. The number of aromatic nitrogens is 1. The van der Waals surface area contributed by atoms with E-state index in [9.17, 15) is 20.1 Å². The Morgan fingerprint density at radius 2 is 2.09 bits per heavy atom. The van der Waals surface area contributed by atoms with Gasteiger partial charge in [-0.05, 0) is 67.5 Å². The molecule has 0 amide bonds. The van der Waals surface area contributed by atoms with Crippen LogP contribution in [-0.4, -0.2) is 55.9 Å². The molecule has 2 aliphatic heterocycles. The van der Waals surface area contributed by atoms with Gasteiger partial charge in [0, 0.05) is 35.5 Å². The molecule has 174 valence electrons. The molecule has 3 heterocycles. The third-order valence-corrected chi connectivity index (χ3v) is 9.41. The summed E-state index contributed by atoms with van der Waals surface area (Å²) in [6.45, 7) is 1.92. The molecule has 1 spiro atoms. The summed E-state index contributed by atoms with van der Waals surface area (Å²) in [5.41, 5.74) is 3.36. The molecule has 5 aliphatic rings. The van der Waals surface area contributed by atoms with Crippen LogP contribution in [0.4, 0.5) is 0 Å². The number of benzene rings is 2. The molecule has 0 unspecified atom stereocenters. The van der Waals surface area contributed by atoms with Crippen LogP contribution in [0.2, 0.25) is 0 Å². The number of carboxylic acids is 1. The van der Waals surface area contributed by atoms with Gasteiger partial charge in [0.05, 0.1) is 22.3 Å². The van der Waals surface area contributed by atoms with Crippen LogP contribution in [0.1, 0.15) is 58.1 Å². The van der Waals surface area contributed by atoms with E-state index in [1.165, 1.54) is 12.8 Å². The van der Waals surface area contributed by atoms with Gasteiger partial charge in [-0.25, -0.2) is 4.79 Å². The molecule has 2 aromatic carbocycles. The highest BCUT2D eigenvalue weighted by Gasteiger charge is 2.72. The molecule has 0 radical (unpaired) electrons. The first-order valence-electron chi connectivity index (χ1n) is 12.3. The lowest BCUT2D eigenvalue weighted by Crippen LogP contribution is -2.74. The normalized spacial score (nSPS) is 32.9. The topological polar surface area (TPSA) is 106 Å². The fraction of sp³-hybridized carbons (Fsp3) is 0.444. The third-order valence-electron chi connectivity index (χ3n) is 9.41. The van der Waals surface area contributed by atoms with Crippen molar-refractivity contribution in [2.75, 3.05) is 13.1 Å². The van der Waals surface area contributed by atoms with Gasteiger partial charge in [0.15, 0.2) is 17.6 Å². The summed E-state index contributed by atoms with van der Waals surface area (Å²) in [7, 11) is 0. The number of nitrogens with zero attached hydrogens (tertiary/aromatic N) is 1. The van der Waals surface area contributed by atoms with Crippen molar-refractivity contribution in [3.8, 4) is 11.5 Å². The molecule has 2 fully saturated rings. The van der Waals surface area contributed by atoms with E-state index in [4.69, 9.17) is 4.74 Å². The van der Waals surface area contributed by atoms with Gasteiger partial charge in [-0.2, -0.15) is 0 Å². The maximum Gasteiger partial charge on any atom is 0.335 e. The Bertz CT molecular complexity index is 1420. The third kappa shape index (κ3) is 2.10. The molecule has 1 aromatic heterocycles. The smallest absolute Gasteiger partial charge is 0.335 e. The number of phenols is 1. The maximum absolute atomic E-state index is 12.8. The largest absolute Gasteiger partial charge is 0.504 e. The lowest BCUT2D eigenvalue weighted by Gasteiger charge is -2.62. The van der Waals surface area contributed by atoms with E-state index in [2.05, 4.69) is 9.88 Å². The number of aliphatic hydroxyl groups is 1. The molecule has 4 N–H and O–H groups in total. The number of H-pyrrole nitrogens is 1. The Kier molecular flexibility index (Phi) is 3.38. The molecule has 7 heteroatoms. The molecule has 1 saturated heterocycles. The summed E-state index contributed by atoms with van der Waals surface area (Å²) in [6, 6.07) is 8.85. The fourth-order valence-electron chi connectivity index (χ4n) is 7.76. The van der Waals surface area contributed by atoms with Crippen LogP contribution in [0.3, 0.4) is 0 Å². The molecule has 7 nitrogen and oxygen atoms in total. The van der Waals surface area contributed by atoms with E-state index >= 15 is 0 Å². The molecular formula is C27H26N2O5. The maximum atomic E-state index is 12.8. The molecule has 34 heavy (non-hydrogen) atoms. The Balaban J connectivity index is 1.39. The number of hydrogen-bond acceptors (Lipinski definition) is 5. The molecule has 4 atom stereocenters. The number of carbonyl (C=O) groups is 1. The minimum atomic E-state index is -1.04. The highest BCUT2D eigenvalue weighted by atomic mass is 16.5. The van der Waals surface area contributed by atoms with Gasteiger partial charge in [-0.15, -0.1) is 0 Å². The number of hydrogen-bond donors (Lipinski definition) is 4. The molecule has 2 bridgehead atoms. The second-order valence-corrected chi connectivity index (χ2v) is 11.0. The van der Waals surface area contributed by atoms with Crippen LogP contribution in [0.5, 0.6) is 11.5 Å². The molecule has 8 rings (SSSR count). The average molecular weight is 459 g/mol. The fourth-order valence-corrected chi connectivity index (χ4v) is 7.76. The van der Waals surface area contributed by atoms with Crippen molar-refractivity contribution in [1.82, 2.24) is 9.88 Å². The van der Waals surface area contributed by atoms with Crippen LogP contribution in [0.25, 0.3) is 10.9 Å². The highest BCUT2D eigenvalue weighted by Crippen LogP contribution is 2.69. The van der Waals surface area contributed by atoms with Crippen molar-refractivity contribution in [2.24, 2.45) is 5.92 Å². The van der Waals surface area contributed by atoms with Crippen LogP contribution >= 0.6 is 0 Å². The van der Waals surface area contributed by atoms with E-state index in [-0.39, 0.29) is 17.4 Å². The Morgan fingerprint density at radius 1 is 1.24 bits per heavy atom. The number of piperidine rings is 1. The number of ether oxygens (including phenoxy) is 1. The minimum absolute atomic E-state index is 0.0210. The number of likely N-dealkylation sites (tertiary alicyclic amines) is 1. The van der Waals surface area contributed by atoms with Crippen LogP contribution < -0.4 is 4.74 Å². The monoisotopic (exact) mass is 458 g/mol. The number of aromatic hydroxyl groups is 1. The van der Waals surface area contributed by atoms with Gasteiger partial charge in [0.2, 0.25) is 0 Å². The number of carboxylic acid groups (broad SMARTS) is 1. The number of nitrogens with one attached hydrogen (secondary N) is 1. The predicted octanol–water partition coefficient (Wildman–Crippen LogP) is 3.27. The molecule has 1 saturated carbocycles. The van der Waals surface area contributed by atoms with Crippen molar-refractivity contribution in [3.05, 3.63) is 58.3 Å². The van der Waals surface area contributed by atoms with E-state index in [1.807, 2.05) is 12.1 Å². The van der Waals surface area contributed by atoms with E-state index in [0.29, 0.717) is 12.2 Å². The minimum Gasteiger partial charge on any atom is -0.504 e. The summed E-state index contributed by atoms with van der Waals surface area (Å²) in [5.74, 6) is 0.389. The first-order valence-corrected chi connectivity index (χ1v) is 12.3. The first kappa shape index (κ1) is 19.3. The van der Waals surface area contributed by atoms with Crippen LogP contribution in [-0.2, 0) is 18.3 Å². The van der Waals surface area contributed by atoms with Crippen LogP contribution in [0, 0.1) is 5.92 Å². The average Bonchev–Trinajstić information content (AvgIpc) is 3.45. The summed E-state index contributed by atoms with van der Waals surface area (Å²) in [5, 5.41) is 34.0. The van der Waals surface area contributed by atoms with Gasteiger partial charge in [0.25, 0.3) is 0 Å². The van der Waals surface area contributed by atoms with Crippen molar-refractivity contribution in [2.45, 2.75) is 55.3 Å². The second-order valence-electron chi connectivity index (χ2n) is 11.0. The zero-order chi connectivity index (χ0) is 23.0. The van der Waals surface area contributed by atoms with Gasteiger partial charge in [-0.1, -0.05) is 12.1 Å². The summed E-state index contributed by atoms with van der Waals surface area (Å²) in [6.07, 6.45) is 4.07. The van der Waals surface area contributed by atoms with E-state index in [0.717, 1.165) is 65.1 Å². The number of fused-ring (bicyclic) bond motifs is 4. The van der Waals surface area contributed by atoms with Gasteiger partial charge >= 0.3 is 5.97 Å². The Morgan fingerprint density at radius 3 is 2.88 bits per heavy atom. The number of phenolic OH excluding ortho intramolecular Hbond substituents is 1. The van der Waals surface area contributed by atoms with E-state index in [1.54, 1.807) is 18.2 Å². The summed E-state index contributed by atoms with van der Waals surface area (Å²) >= 11 is 0. The molecule has 3 aromatic rings. The number of aromatic carboxylic acids is 1. The van der Waals surface area contributed by atoms with Gasteiger partial charge in [-0.3, -0.25) is 4.90 Å². The lowest BCUT2D eigenvalue weighted by atomic mass is 9.49. The van der Waals surface area contributed by atoms with Crippen molar-refractivity contribution >= 4 is 16.9 Å². The quantitative estimate of drug-likeness (QED) is 0.480. The zero-order valence-corrected chi connectivity index (χ0v) is 18.7. The number of rotatable bonds is 3. The highest BCUT2D eigenvalue weighted by molar-refractivity contribution is 5.95. The zero-order valence-electron chi connectivity index (χ0n) is 18.7. The standard InChI is InChI=1S/C27H26N2O5/c30-19-6-4-14-10-20-27(33)11-17-16-5-3-15(25(31)32)9-18(16)28-22(17)24-26(27,21(14)23(19)34-24)7-8-29(20)12-13-1-2-13/h3-6,9,13,20,24,28,30,33H,1-2,7-8,10-12H2,(H,31,32)/t20-,24+,26+,27-/m1/s1. The SMILES string of the molecule is O=C(O)c1ccc2c3c([nH]c2c1)[C@@H]1Oc2c(O)ccc4c2[C@@]12CCN(CC1CC1)[C@H](C4)[C@]2(O)C3. The molecular weight excluding hydrogens is 432 g/mol. The number of aromatic amines is 1. The van der Waals surface area contributed by atoms with Crippen molar-refractivity contribution in [1.29, 1.82) is 0 Å². The summed E-state index contributed by atoms with van der Waals surface area (Å²) in [4.78, 5) is 17.6. The van der Waals surface area contributed by atoms with E-state index < -0.39 is 23.1 Å². The Hall–Kier alpha value is -3.03. The van der Waals surface area contributed by atoms with Crippen molar-refractivity contribution < 1.29 is 24.9 Å². The van der Waals surface area contributed by atoms with Crippen LogP contribution in [0.15, 0.2) is 30.3 Å². The van der Waals surface area contributed by atoms with Crippen molar-refractivity contribution in [3.63, 3.8) is 0 Å². The van der Waals surface area contributed by atoms with Gasteiger partial charge < -0.3 is 25.0 Å².